The average Bonchev–Trinajstić information content (AvgIpc) is 3.05. The number of ketones is 1. The number of benzene rings is 1. The Morgan fingerprint density at radius 2 is 1.74 bits per heavy atom. The number of carbonyl (C=O) groups excluding carboxylic acids is 2. The third kappa shape index (κ3) is 3.38. The van der Waals surface area contributed by atoms with Crippen molar-refractivity contribution in [2.24, 2.45) is 0 Å². The van der Waals surface area contributed by atoms with Crippen LogP contribution in [0.1, 0.15) is 38.9 Å². The summed E-state index contributed by atoms with van der Waals surface area (Å²) in [5.74, 6) is 0.319. The summed E-state index contributed by atoms with van der Waals surface area (Å²) in [6.07, 6.45) is 1.78. The van der Waals surface area contributed by atoms with Crippen molar-refractivity contribution in [3.05, 3.63) is 65.0 Å². The van der Waals surface area contributed by atoms with E-state index in [0.29, 0.717) is 33.8 Å². The number of carbonyl (C=O) groups is 2. The van der Waals surface area contributed by atoms with Gasteiger partial charge in [0.2, 0.25) is 5.78 Å². The molecule has 0 bridgehead atoms. The van der Waals surface area contributed by atoms with Crippen molar-refractivity contribution in [1.82, 2.24) is 4.40 Å². The van der Waals surface area contributed by atoms with Gasteiger partial charge in [0, 0.05) is 11.8 Å². The molecule has 2 aromatic heterocycles. The summed E-state index contributed by atoms with van der Waals surface area (Å²) < 4.78 is 17.4. The van der Waals surface area contributed by atoms with Crippen LogP contribution in [0.5, 0.6) is 11.5 Å². The number of pyridine rings is 1. The largest absolute Gasteiger partial charge is 0.493 e. The monoisotopic (exact) mass is 367 g/mol. The lowest BCUT2D eigenvalue weighted by atomic mass is 10.1. The molecule has 0 aliphatic heterocycles. The SMILES string of the molecule is CCOC(=O)c1cc(C(=O)c2ccc(OC)c(OC)c2)n2ccc(C)cc12. The van der Waals surface area contributed by atoms with Crippen molar-refractivity contribution in [2.75, 3.05) is 20.8 Å². The first-order valence-corrected chi connectivity index (χ1v) is 8.55. The molecule has 0 atom stereocenters. The fourth-order valence-electron chi connectivity index (χ4n) is 2.98. The van der Waals surface area contributed by atoms with Gasteiger partial charge >= 0.3 is 5.97 Å². The molecule has 0 unspecified atom stereocenters. The normalized spacial score (nSPS) is 10.7. The Morgan fingerprint density at radius 3 is 2.41 bits per heavy atom. The molecule has 0 N–H and O–H groups in total. The van der Waals surface area contributed by atoms with Crippen LogP contribution in [0, 0.1) is 6.92 Å². The molecule has 0 fully saturated rings. The summed E-state index contributed by atoms with van der Waals surface area (Å²) in [4.78, 5) is 25.5. The van der Waals surface area contributed by atoms with Crippen LogP contribution in [0.25, 0.3) is 5.52 Å². The zero-order valence-electron chi connectivity index (χ0n) is 15.7. The summed E-state index contributed by atoms with van der Waals surface area (Å²) in [6.45, 7) is 3.94. The van der Waals surface area contributed by atoms with Crippen LogP contribution in [0.15, 0.2) is 42.6 Å². The van der Waals surface area contributed by atoms with Gasteiger partial charge in [-0.05, 0) is 55.8 Å². The first-order valence-electron chi connectivity index (χ1n) is 8.55. The van der Waals surface area contributed by atoms with E-state index < -0.39 is 5.97 Å². The maximum Gasteiger partial charge on any atom is 0.340 e. The number of nitrogens with zero attached hydrogens (tertiary/aromatic N) is 1. The minimum atomic E-state index is -0.452. The third-order valence-electron chi connectivity index (χ3n) is 4.30. The van der Waals surface area contributed by atoms with E-state index >= 15 is 0 Å². The van der Waals surface area contributed by atoms with Crippen LogP contribution < -0.4 is 9.47 Å². The lowest BCUT2D eigenvalue weighted by molar-refractivity contribution is 0.0529. The predicted octanol–water partition coefficient (Wildman–Crippen LogP) is 3.67. The molecule has 6 heteroatoms. The highest BCUT2D eigenvalue weighted by atomic mass is 16.5. The second kappa shape index (κ2) is 7.53. The van der Waals surface area contributed by atoms with Gasteiger partial charge in [-0.25, -0.2) is 4.79 Å². The molecule has 0 saturated carbocycles. The van der Waals surface area contributed by atoms with Crippen LogP contribution in [0.2, 0.25) is 0 Å². The number of fused-ring (bicyclic) bond motifs is 1. The average molecular weight is 367 g/mol. The molecule has 0 aliphatic carbocycles. The van der Waals surface area contributed by atoms with E-state index in [-0.39, 0.29) is 12.4 Å². The Morgan fingerprint density at radius 1 is 1.00 bits per heavy atom. The molecule has 0 aliphatic rings. The van der Waals surface area contributed by atoms with Crippen LogP contribution in [-0.2, 0) is 4.74 Å². The molecule has 0 spiro atoms. The highest BCUT2D eigenvalue weighted by Gasteiger charge is 2.22. The number of hydrogen-bond acceptors (Lipinski definition) is 5. The standard InChI is InChI=1S/C21H21NO5/c1-5-27-21(24)15-12-17(22-9-8-13(2)10-16(15)22)20(23)14-6-7-18(25-3)19(11-14)26-4/h6-12H,5H2,1-4H3. The van der Waals surface area contributed by atoms with Gasteiger partial charge in [-0.1, -0.05) is 0 Å². The molecule has 0 amide bonds. The molecule has 0 radical (unpaired) electrons. The van der Waals surface area contributed by atoms with Crippen molar-refractivity contribution in [3.63, 3.8) is 0 Å². The highest BCUT2D eigenvalue weighted by Crippen LogP contribution is 2.29. The Kier molecular flexibility index (Phi) is 5.16. The number of methoxy groups -OCH3 is 2. The van der Waals surface area contributed by atoms with E-state index in [2.05, 4.69) is 0 Å². The van der Waals surface area contributed by atoms with E-state index in [0.717, 1.165) is 5.56 Å². The van der Waals surface area contributed by atoms with Crippen molar-refractivity contribution >= 4 is 17.3 Å². The van der Waals surface area contributed by atoms with E-state index in [1.807, 2.05) is 19.1 Å². The molecule has 27 heavy (non-hydrogen) atoms. The second-order valence-electron chi connectivity index (χ2n) is 6.02. The summed E-state index contributed by atoms with van der Waals surface area (Å²) in [5, 5.41) is 0. The Balaban J connectivity index is 2.14. The predicted molar refractivity (Wildman–Crippen MR) is 101 cm³/mol. The van der Waals surface area contributed by atoms with E-state index in [9.17, 15) is 9.59 Å². The topological polar surface area (TPSA) is 66.2 Å². The number of rotatable bonds is 6. The minimum absolute atomic E-state index is 0.231. The molecule has 0 saturated heterocycles. The molecular weight excluding hydrogens is 346 g/mol. The summed E-state index contributed by atoms with van der Waals surface area (Å²) in [6, 6.07) is 10.3. The fourth-order valence-corrected chi connectivity index (χ4v) is 2.98. The van der Waals surface area contributed by atoms with Crippen LogP contribution in [0.4, 0.5) is 0 Å². The van der Waals surface area contributed by atoms with E-state index in [1.165, 1.54) is 14.2 Å². The van der Waals surface area contributed by atoms with Gasteiger partial charge < -0.3 is 18.6 Å². The van der Waals surface area contributed by atoms with Gasteiger partial charge in [0.25, 0.3) is 0 Å². The lowest BCUT2D eigenvalue weighted by Crippen LogP contribution is -2.06. The molecular formula is C21H21NO5. The van der Waals surface area contributed by atoms with Crippen molar-refractivity contribution in [3.8, 4) is 11.5 Å². The van der Waals surface area contributed by atoms with Gasteiger partial charge in [-0.15, -0.1) is 0 Å². The zero-order valence-corrected chi connectivity index (χ0v) is 15.7. The quantitative estimate of drug-likeness (QED) is 0.491. The Hall–Kier alpha value is -3.28. The molecule has 2 heterocycles. The highest BCUT2D eigenvalue weighted by molar-refractivity contribution is 6.11. The molecule has 3 aromatic rings. The molecule has 1 aromatic carbocycles. The first-order chi connectivity index (χ1) is 13.0. The van der Waals surface area contributed by atoms with Gasteiger partial charge in [0.1, 0.15) is 0 Å². The Labute approximate surface area is 157 Å². The van der Waals surface area contributed by atoms with Crippen molar-refractivity contribution < 1.29 is 23.8 Å². The van der Waals surface area contributed by atoms with Gasteiger partial charge in [-0.3, -0.25) is 4.79 Å². The number of ether oxygens (including phenoxy) is 3. The lowest BCUT2D eigenvalue weighted by Gasteiger charge is -2.09. The number of aromatic nitrogens is 1. The van der Waals surface area contributed by atoms with Crippen molar-refractivity contribution in [1.29, 1.82) is 0 Å². The summed E-state index contributed by atoms with van der Waals surface area (Å²) in [5.41, 5.74) is 2.79. The first kappa shape index (κ1) is 18.5. The minimum Gasteiger partial charge on any atom is -0.493 e. The Bertz CT molecular complexity index is 1020. The molecule has 6 nitrogen and oxygen atoms in total. The second-order valence-corrected chi connectivity index (χ2v) is 6.02. The van der Waals surface area contributed by atoms with Crippen molar-refractivity contribution in [2.45, 2.75) is 13.8 Å². The van der Waals surface area contributed by atoms with Crippen LogP contribution in [-0.4, -0.2) is 37.0 Å². The number of aryl methyl sites for hydroxylation is 1. The summed E-state index contributed by atoms with van der Waals surface area (Å²) >= 11 is 0. The number of hydrogen-bond donors (Lipinski definition) is 0. The van der Waals surface area contributed by atoms with Crippen LogP contribution in [0.3, 0.4) is 0 Å². The van der Waals surface area contributed by atoms with E-state index in [1.54, 1.807) is 41.8 Å². The van der Waals surface area contributed by atoms with Gasteiger partial charge in [-0.2, -0.15) is 0 Å². The van der Waals surface area contributed by atoms with E-state index in [4.69, 9.17) is 14.2 Å². The smallest absolute Gasteiger partial charge is 0.340 e. The van der Waals surface area contributed by atoms with Gasteiger partial charge in [0.15, 0.2) is 11.5 Å². The number of esters is 1. The maximum atomic E-state index is 13.1. The zero-order chi connectivity index (χ0) is 19.6. The molecule has 3 rings (SSSR count). The molecule has 140 valence electrons. The van der Waals surface area contributed by atoms with Gasteiger partial charge in [0.05, 0.1) is 37.6 Å². The fraction of sp³-hybridized carbons (Fsp3) is 0.238. The maximum absolute atomic E-state index is 13.1. The summed E-state index contributed by atoms with van der Waals surface area (Å²) in [7, 11) is 3.05. The van der Waals surface area contributed by atoms with Crippen LogP contribution >= 0.6 is 0 Å². The third-order valence-corrected chi connectivity index (χ3v) is 4.30.